The highest BCUT2D eigenvalue weighted by molar-refractivity contribution is 7.21. The number of thiophene rings is 1. The smallest absolute Gasteiger partial charge is 0.261 e. The lowest BCUT2D eigenvalue weighted by Crippen LogP contribution is -2.36. The molecule has 1 unspecified atom stereocenters. The van der Waals surface area contributed by atoms with Gasteiger partial charge in [0.1, 0.15) is 0 Å². The monoisotopic (exact) mass is 410 g/mol. The zero-order valence-electron chi connectivity index (χ0n) is 17.4. The number of hydrogen-bond acceptors (Lipinski definition) is 4. The number of hydrogen-bond donors (Lipinski definition) is 1. The molecule has 29 heavy (non-hydrogen) atoms. The number of likely N-dealkylation sites (tertiary alicyclic amines) is 1. The Labute approximate surface area is 176 Å². The molecule has 0 bridgehead atoms. The highest BCUT2D eigenvalue weighted by Gasteiger charge is 2.26. The molecular weight excluding hydrogens is 380 g/mol. The van der Waals surface area contributed by atoms with Gasteiger partial charge in [-0.05, 0) is 49.7 Å². The van der Waals surface area contributed by atoms with Crippen LogP contribution in [0.15, 0.2) is 36.7 Å². The van der Waals surface area contributed by atoms with Crippen LogP contribution in [0.1, 0.15) is 53.4 Å². The number of nitrogens with one attached hydrogen (secondary N) is 1. The van der Waals surface area contributed by atoms with Gasteiger partial charge in [0, 0.05) is 42.6 Å². The van der Waals surface area contributed by atoms with E-state index in [-0.39, 0.29) is 5.91 Å². The molecule has 1 aliphatic heterocycles. The van der Waals surface area contributed by atoms with Gasteiger partial charge in [0.05, 0.1) is 11.1 Å². The first-order valence-electron chi connectivity index (χ1n) is 10.7. The third kappa shape index (κ3) is 4.38. The van der Waals surface area contributed by atoms with E-state index in [2.05, 4.69) is 52.7 Å². The van der Waals surface area contributed by atoms with Crippen molar-refractivity contribution in [2.75, 3.05) is 13.6 Å². The Bertz CT molecular complexity index is 976. The van der Waals surface area contributed by atoms with Crippen LogP contribution in [0.4, 0.5) is 0 Å². The van der Waals surface area contributed by atoms with E-state index in [0.29, 0.717) is 6.04 Å². The molecule has 0 radical (unpaired) electrons. The molecule has 1 aliphatic rings. The molecule has 2 aromatic heterocycles. The molecule has 1 atom stereocenters. The van der Waals surface area contributed by atoms with Crippen molar-refractivity contribution in [3.63, 3.8) is 0 Å². The first-order valence-corrected chi connectivity index (χ1v) is 11.5. The van der Waals surface area contributed by atoms with E-state index in [1.165, 1.54) is 46.9 Å². The van der Waals surface area contributed by atoms with Crippen LogP contribution in [-0.2, 0) is 19.5 Å². The molecule has 3 aromatic rings. The average Bonchev–Trinajstić information content (AvgIpc) is 3.28. The number of carbonyl (C=O) groups is 1. The minimum atomic E-state index is 0.0330. The van der Waals surface area contributed by atoms with Gasteiger partial charge in [-0.1, -0.05) is 31.0 Å². The van der Waals surface area contributed by atoms with Crippen molar-refractivity contribution in [3.8, 4) is 0 Å². The topological polar surface area (TPSA) is 50.2 Å². The highest BCUT2D eigenvalue weighted by atomic mass is 32.1. The highest BCUT2D eigenvalue weighted by Crippen LogP contribution is 2.34. The largest absolute Gasteiger partial charge is 0.354 e. The first kappa shape index (κ1) is 20.1. The van der Waals surface area contributed by atoms with Crippen LogP contribution in [0.3, 0.4) is 0 Å². The normalized spacial score (nSPS) is 18.1. The number of nitrogens with zero attached hydrogens (tertiary/aromatic N) is 3. The molecule has 1 fully saturated rings. The summed E-state index contributed by atoms with van der Waals surface area (Å²) in [7, 11) is 1.72. The molecule has 3 heterocycles. The minimum absolute atomic E-state index is 0.0330. The predicted molar refractivity (Wildman–Crippen MR) is 119 cm³/mol. The van der Waals surface area contributed by atoms with Crippen LogP contribution < -0.4 is 5.32 Å². The number of benzene rings is 1. The zero-order valence-corrected chi connectivity index (χ0v) is 18.2. The van der Waals surface area contributed by atoms with Crippen molar-refractivity contribution in [2.45, 2.75) is 58.2 Å². The molecule has 0 spiro atoms. The van der Waals surface area contributed by atoms with Crippen LogP contribution in [0.5, 0.6) is 0 Å². The molecule has 1 amide bonds. The number of carbonyl (C=O) groups excluding carboxylic acids is 1. The van der Waals surface area contributed by atoms with Crippen LogP contribution in [0, 0.1) is 0 Å². The van der Waals surface area contributed by atoms with E-state index in [9.17, 15) is 4.79 Å². The zero-order chi connectivity index (χ0) is 20.2. The number of aryl methyl sites for hydroxylation is 1. The summed E-state index contributed by atoms with van der Waals surface area (Å²) in [5, 5.41) is 8.53. The van der Waals surface area contributed by atoms with Crippen LogP contribution >= 0.6 is 11.3 Å². The lowest BCUT2D eigenvalue weighted by molar-refractivity contribution is 0.0965. The van der Waals surface area contributed by atoms with Crippen molar-refractivity contribution in [3.05, 3.63) is 52.7 Å². The Morgan fingerprint density at radius 1 is 1.28 bits per heavy atom. The number of amides is 1. The average molecular weight is 411 g/mol. The Balaban J connectivity index is 1.64. The van der Waals surface area contributed by atoms with Crippen molar-refractivity contribution >= 4 is 27.3 Å². The summed E-state index contributed by atoms with van der Waals surface area (Å²) in [5.74, 6) is 0.0330. The van der Waals surface area contributed by atoms with E-state index < -0.39 is 0 Å². The van der Waals surface area contributed by atoms with Crippen molar-refractivity contribution < 1.29 is 4.79 Å². The second-order valence-electron chi connectivity index (χ2n) is 7.87. The lowest BCUT2D eigenvalue weighted by Gasteiger charge is -2.30. The Morgan fingerprint density at radius 3 is 2.93 bits per heavy atom. The third-order valence-electron chi connectivity index (χ3n) is 5.97. The molecule has 6 heteroatoms. The quantitative estimate of drug-likeness (QED) is 0.652. The second kappa shape index (κ2) is 9.09. The van der Waals surface area contributed by atoms with Crippen LogP contribution in [0.25, 0.3) is 10.1 Å². The maximum Gasteiger partial charge on any atom is 0.261 e. The first-order chi connectivity index (χ1) is 14.2. The van der Waals surface area contributed by atoms with Crippen molar-refractivity contribution in [2.24, 2.45) is 0 Å². The van der Waals surface area contributed by atoms with Gasteiger partial charge in [-0.15, -0.1) is 11.3 Å². The summed E-state index contributed by atoms with van der Waals surface area (Å²) >= 11 is 1.62. The fraction of sp³-hybridized carbons (Fsp3) is 0.478. The van der Waals surface area contributed by atoms with Gasteiger partial charge in [-0.25, -0.2) is 0 Å². The minimum Gasteiger partial charge on any atom is -0.354 e. The molecule has 0 saturated carbocycles. The van der Waals surface area contributed by atoms with Gasteiger partial charge in [-0.3, -0.25) is 14.4 Å². The van der Waals surface area contributed by atoms with Gasteiger partial charge in [-0.2, -0.15) is 5.10 Å². The number of aromatic nitrogens is 2. The summed E-state index contributed by atoms with van der Waals surface area (Å²) in [6.07, 6.45) is 10.1. The molecule has 1 N–H and O–H groups in total. The summed E-state index contributed by atoms with van der Waals surface area (Å²) in [4.78, 5) is 16.1. The van der Waals surface area contributed by atoms with Gasteiger partial charge in [0.15, 0.2) is 0 Å². The Kier molecular flexibility index (Phi) is 6.31. The maximum absolute atomic E-state index is 12.6. The SMILES string of the molecule is CCn1cc(CN2CCCCCC2Cc2c(C(=O)NC)sc3ccccc23)cn1. The Morgan fingerprint density at radius 2 is 2.14 bits per heavy atom. The van der Waals surface area contributed by atoms with Gasteiger partial charge < -0.3 is 5.32 Å². The summed E-state index contributed by atoms with van der Waals surface area (Å²) in [6.45, 7) is 5.06. The lowest BCUT2D eigenvalue weighted by atomic mass is 9.97. The van der Waals surface area contributed by atoms with E-state index >= 15 is 0 Å². The molecular formula is C23H30N4OS. The molecule has 1 saturated heterocycles. The van der Waals surface area contributed by atoms with Gasteiger partial charge in [0.2, 0.25) is 0 Å². The van der Waals surface area contributed by atoms with Crippen LogP contribution in [-0.4, -0.2) is 40.2 Å². The molecule has 154 valence electrons. The third-order valence-corrected chi connectivity index (χ3v) is 7.18. The fourth-order valence-corrected chi connectivity index (χ4v) is 5.58. The second-order valence-corrected chi connectivity index (χ2v) is 8.92. The van der Waals surface area contributed by atoms with E-state index in [0.717, 1.165) is 30.9 Å². The van der Waals surface area contributed by atoms with Gasteiger partial charge >= 0.3 is 0 Å². The summed E-state index contributed by atoms with van der Waals surface area (Å²) in [6, 6.07) is 8.87. The van der Waals surface area contributed by atoms with Crippen LogP contribution in [0.2, 0.25) is 0 Å². The van der Waals surface area contributed by atoms with Gasteiger partial charge in [0.25, 0.3) is 5.91 Å². The number of fused-ring (bicyclic) bond motifs is 1. The standard InChI is InChI=1S/C23H30N4OS/c1-3-27-16-17(14-25-27)15-26-12-8-4-5-9-18(26)13-20-19-10-6-7-11-21(19)29-22(20)23(28)24-2/h6-7,10-11,14,16,18H,3-5,8-9,12-13,15H2,1-2H3,(H,24,28). The van der Waals surface area contributed by atoms with Crippen molar-refractivity contribution in [1.29, 1.82) is 0 Å². The van der Waals surface area contributed by atoms with E-state index in [1.54, 1.807) is 18.4 Å². The maximum atomic E-state index is 12.6. The Hall–Kier alpha value is -2.18. The molecule has 5 nitrogen and oxygen atoms in total. The molecule has 4 rings (SSSR count). The summed E-state index contributed by atoms with van der Waals surface area (Å²) < 4.78 is 3.20. The molecule has 1 aromatic carbocycles. The summed E-state index contributed by atoms with van der Waals surface area (Å²) in [5.41, 5.74) is 2.49. The fourth-order valence-electron chi connectivity index (χ4n) is 4.41. The van der Waals surface area contributed by atoms with E-state index in [4.69, 9.17) is 0 Å². The predicted octanol–water partition coefficient (Wildman–Crippen LogP) is 4.46. The number of rotatable bonds is 6. The molecule has 0 aliphatic carbocycles. The van der Waals surface area contributed by atoms with Crippen molar-refractivity contribution in [1.82, 2.24) is 20.0 Å². The van der Waals surface area contributed by atoms with E-state index in [1.807, 2.05) is 10.9 Å².